The molecule has 6 nitrogen and oxygen atoms in total. The highest BCUT2D eigenvalue weighted by Crippen LogP contribution is 2.24. The van der Waals surface area contributed by atoms with E-state index in [-0.39, 0.29) is 11.7 Å². The quantitative estimate of drug-likeness (QED) is 0.673. The van der Waals surface area contributed by atoms with E-state index < -0.39 is 4.92 Å². The summed E-state index contributed by atoms with van der Waals surface area (Å²) in [5, 5.41) is 23.2. The van der Waals surface area contributed by atoms with Crippen LogP contribution in [0.15, 0.2) is 18.2 Å². The van der Waals surface area contributed by atoms with Crippen molar-refractivity contribution in [1.29, 1.82) is 5.26 Å². The van der Waals surface area contributed by atoms with Gasteiger partial charge in [0, 0.05) is 37.3 Å². The van der Waals surface area contributed by atoms with Gasteiger partial charge in [-0.25, -0.2) is 0 Å². The van der Waals surface area contributed by atoms with Gasteiger partial charge >= 0.3 is 0 Å². The van der Waals surface area contributed by atoms with Crippen LogP contribution in [-0.2, 0) is 0 Å². The van der Waals surface area contributed by atoms with Gasteiger partial charge < -0.3 is 5.32 Å². The van der Waals surface area contributed by atoms with Gasteiger partial charge in [0.25, 0.3) is 5.69 Å². The summed E-state index contributed by atoms with van der Waals surface area (Å²) in [5.74, 6) is 0. The third-order valence-corrected chi connectivity index (χ3v) is 3.64. The molecule has 0 aliphatic carbocycles. The summed E-state index contributed by atoms with van der Waals surface area (Å²) in [5.41, 5.74) is 0.943. The van der Waals surface area contributed by atoms with E-state index in [2.05, 4.69) is 24.1 Å². The molecule has 0 saturated carbocycles. The van der Waals surface area contributed by atoms with Crippen molar-refractivity contribution >= 4 is 11.4 Å². The Labute approximate surface area is 118 Å². The van der Waals surface area contributed by atoms with E-state index >= 15 is 0 Å². The second kappa shape index (κ2) is 5.88. The van der Waals surface area contributed by atoms with Crippen LogP contribution in [0.2, 0.25) is 0 Å². The third-order valence-electron chi connectivity index (χ3n) is 3.64. The average Bonchev–Trinajstić information content (AvgIpc) is 2.87. The topological polar surface area (TPSA) is 82.2 Å². The number of nitro benzene ring substituents is 1. The summed E-state index contributed by atoms with van der Waals surface area (Å²) in [6.45, 7) is 6.29. The number of hydrogen-bond acceptors (Lipinski definition) is 5. The number of non-ortho nitro benzene ring substituents is 1. The first kappa shape index (κ1) is 14.3. The van der Waals surface area contributed by atoms with Crippen molar-refractivity contribution in [2.45, 2.75) is 32.4 Å². The van der Waals surface area contributed by atoms with Gasteiger partial charge in [-0.05, 0) is 26.3 Å². The number of nitro groups is 1. The van der Waals surface area contributed by atoms with E-state index in [1.165, 1.54) is 12.1 Å². The lowest BCUT2D eigenvalue weighted by Crippen LogP contribution is -2.31. The van der Waals surface area contributed by atoms with Crippen LogP contribution in [0.1, 0.15) is 25.8 Å². The van der Waals surface area contributed by atoms with E-state index in [1.807, 2.05) is 6.07 Å². The molecule has 20 heavy (non-hydrogen) atoms. The van der Waals surface area contributed by atoms with Crippen LogP contribution in [0.3, 0.4) is 0 Å². The zero-order chi connectivity index (χ0) is 14.7. The van der Waals surface area contributed by atoms with Crippen LogP contribution in [-0.4, -0.2) is 35.0 Å². The van der Waals surface area contributed by atoms with E-state index in [0.717, 1.165) is 19.5 Å². The Morgan fingerprint density at radius 3 is 2.85 bits per heavy atom. The molecular formula is C14H18N4O2. The standard InChI is InChI=1S/C14H18N4O2/c1-10(2)17-6-5-12(9-17)16-14-4-3-13(18(19)20)7-11(14)8-15/h3-4,7,10,12,16H,5-6,9H2,1-2H3. The highest BCUT2D eigenvalue weighted by molar-refractivity contribution is 5.61. The van der Waals surface area contributed by atoms with Gasteiger partial charge in [-0.15, -0.1) is 0 Å². The lowest BCUT2D eigenvalue weighted by molar-refractivity contribution is -0.384. The summed E-state index contributed by atoms with van der Waals surface area (Å²) >= 11 is 0. The third kappa shape index (κ3) is 3.06. The number of likely N-dealkylation sites (tertiary alicyclic amines) is 1. The minimum Gasteiger partial charge on any atom is -0.380 e. The molecule has 1 aromatic rings. The fraction of sp³-hybridized carbons (Fsp3) is 0.500. The first-order chi connectivity index (χ1) is 9.51. The predicted molar refractivity (Wildman–Crippen MR) is 76.5 cm³/mol. The summed E-state index contributed by atoms with van der Waals surface area (Å²) in [6.07, 6.45) is 1.01. The average molecular weight is 274 g/mol. The molecule has 0 bridgehead atoms. The zero-order valence-corrected chi connectivity index (χ0v) is 11.7. The molecule has 1 heterocycles. The molecule has 1 unspecified atom stereocenters. The van der Waals surface area contributed by atoms with Crippen LogP contribution < -0.4 is 5.32 Å². The number of anilines is 1. The van der Waals surface area contributed by atoms with E-state index in [9.17, 15) is 10.1 Å². The lowest BCUT2D eigenvalue weighted by atomic mass is 10.1. The number of nitrogens with one attached hydrogen (secondary N) is 1. The van der Waals surface area contributed by atoms with Crippen molar-refractivity contribution < 1.29 is 4.92 Å². The van der Waals surface area contributed by atoms with Gasteiger partial charge in [0.15, 0.2) is 0 Å². The Morgan fingerprint density at radius 2 is 2.30 bits per heavy atom. The van der Waals surface area contributed by atoms with Gasteiger partial charge in [-0.1, -0.05) is 0 Å². The SMILES string of the molecule is CC(C)N1CCC(Nc2ccc([N+](=O)[O-])cc2C#N)C1. The maximum absolute atomic E-state index is 10.7. The van der Waals surface area contributed by atoms with Crippen molar-refractivity contribution in [3.63, 3.8) is 0 Å². The molecule has 0 radical (unpaired) electrons. The maximum Gasteiger partial charge on any atom is 0.270 e. The van der Waals surface area contributed by atoms with E-state index in [1.54, 1.807) is 6.07 Å². The number of nitriles is 1. The van der Waals surface area contributed by atoms with Gasteiger partial charge in [0.1, 0.15) is 6.07 Å². The molecule has 0 aromatic heterocycles. The minimum atomic E-state index is -0.485. The fourth-order valence-electron chi connectivity index (χ4n) is 2.46. The summed E-state index contributed by atoms with van der Waals surface area (Å²) < 4.78 is 0. The van der Waals surface area contributed by atoms with Crippen LogP contribution in [0.25, 0.3) is 0 Å². The molecule has 106 valence electrons. The molecule has 1 aromatic carbocycles. The fourth-order valence-corrected chi connectivity index (χ4v) is 2.46. The molecule has 2 rings (SSSR count). The van der Waals surface area contributed by atoms with Crippen molar-refractivity contribution in [2.24, 2.45) is 0 Å². The number of nitrogens with zero attached hydrogens (tertiary/aromatic N) is 3. The first-order valence-electron chi connectivity index (χ1n) is 6.70. The monoisotopic (exact) mass is 274 g/mol. The molecule has 0 spiro atoms. The van der Waals surface area contributed by atoms with Crippen molar-refractivity contribution in [3.05, 3.63) is 33.9 Å². The molecule has 1 atom stereocenters. The predicted octanol–water partition coefficient (Wildman–Crippen LogP) is 2.36. The Morgan fingerprint density at radius 1 is 1.55 bits per heavy atom. The zero-order valence-electron chi connectivity index (χ0n) is 11.7. The van der Waals surface area contributed by atoms with Crippen LogP contribution in [0.5, 0.6) is 0 Å². The molecule has 1 aliphatic rings. The van der Waals surface area contributed by atoms with E-state index in [0.29, 0.717) is 17.3 Å². The maximum atomic E-state index is 10.7. The summed E-state index contributed by atoms with van der Waals surface area (Å²) in [7, 11) is 0. The number of hydrogen-bond donors (Lipinski definition) is 1. The van der Waals surface area contributed by atoms with E-state index in [4.69, 9.17) is 5.26 Å². The summed E-state index contributed by atoms with van der Waals surface area (Å²) in [6, 6.07) is 7.18. The van der Waals surface area contributed by atoms with Crippen molar-refractivity contribution in [2.75, 3.05) is 18.4 Å². The molecule has 1 fully saturated rings. The second-order valence-electron chi connectivity index (χ2n) is 5.32. The first-order valence-corrected chi connectivity index (χ1v) is 6.70. The van der Waals surface area contributed by atoms with Crippen LogP contribution in [0, 0.1) is 21.4 Å². The lowest BCUT2D eigenvalue weighted by Gasteiger charge is -2.21. The molecule has 0 amide bonds. The van der Waals surface area contributed by atoms with Crippen LogP contribution in [0.4, 0.5) is 11.4 Å². The smallest absolute Gasteiger partial charge is 0.270 e. The molecule has 1 N–H and O–H groups in total. The Kier molecular flexibility index (Phi) is 4.20. The highest BCUT2D eigenvalue weighted by Gasteiger charge is 2.24. The molecular weight excluding hydrogens is 256 g/mol. The Hall–Kier alpha value is -2.13. The molecule has 6 heteroatoms. The number of benzene rings is 1. The van der Waals surface area contributed by atoms with Crippen molar-refractivity contribution in [3.8, 4) is 6.07 Å². The largest absolute Gasteiger partial charge is 0.380 e. The minimum absolute atomic E-state index is 0.0534. The van der Waals surface area contributed by atoms with Crippen LogP contribution >= 0.6 is 0 Å². The number of rotatable bonds is 4. The Balaban J connectivity index is 2.11. The summed E-state index contributed by atoms with van der Waals surface area (Å²) in [4.78, 5) is 12.6. The highest BCUT2D eigenvalue weighted by atomic mass is 16.6. The van der Waals surface area contributed by atoms with Gasteiger partial charge in [-0.2, -0.15) is 5.26 Å². The van der Waals surface area contributed by atoms with Crippen molar-refractivity contribution in [1.82, 2.24) is 4.90 Å². The van der Waals surface area contributed by atoms with Gasteiger partial charge in [-0.3, -0.25) is 15.0 Å². The second-order valence-corrected chi connectivity index (χ2v) is 5.32. The molecule has 1 saturated heterocycles. The normalized spacial score (nSPS) is 19.0. The van der Waals surface area contributed by atoms with Gasteiger partial charge in [0.2, 0.25) is 0 Å². The Bertz CT molecular complexity index is 551. The van der Waals surface area contributed by atoms with Gasteiger partial charge in [0.05, 0.1) is 16.2 Å². The molecule has 1 aliphatic heterocycles.